The number of ether oxygens (including phenoxy) is 2. The summed E-state index contributed by atoms with van der Waals surface area (Å²) < 4.78 is 10.6. The van der Waals surface area contributed by atoms with Gasteiger partial charge in [-0.3, -0.25) is 19.0 Å². The van der Waals surface area contributed by atoms with Crippen LogP contribution in [0.3, 0.4) is 0 Å². The molecule has 23 heavy (non-hydrogen) atoms. The number of rotatable bonds is 5. The van der Waals surface area contributed by atoms with Crippen molar-refractivity contribution in [3.05, 3.63) is 41.9 Å². The Kier molecular flexibility index (Phi) is 5.16. The van der Waals surface area contributed by atoms with Gasteiger partial charge in [0.1, 0.15) is 0 Å². The number of methoxy groups -OCH3 is 2. The van der Waals surface area contributed by atoms with Crippen LogP contribution >= 0.6 is 0 Å². The fourth-order valence-corrected chi connectivity index (χ4v) is 2.44. The van der Waals surface area contributed by atoms with Crippen molar-refractivity contribution in [1.82, 2.24) is 4.57 Å². The zero-order valence-corrected chi connectivity index (χ0v) is 13.3. The summed E-state index contributed by atoms with van der Waals surface area (Å²) in [6, 6.07) is 7.55. The molecule has 0 aliphatic heterocycles. The maximum absolute atomic E-state index is 12.4. The Bertz CT molecular complexity index is 731. The van der Waals surface area contributed by atoms with Gasteiger partial charge in [0.2, 0.25) is 5.91 Å². The second kappa shape index (κ2) is 7.09. The van der Waals surface area contributed by atoms with E-state index < -0.39 is 11.9 Å². The summed E-state index contributed by atoms with van der Waals surface area (Å²) in [4.78, 5) is 35.6. The first kappa shape index (κ1) is 16.7. The minimum Gasteiger partial charge on any atom is -0.468 e. The van der Waals surface area contributed by atoms with Crippen LogP contribution in [0.2, 0.25) is 0 Å². The predicted molar refractivity (Wildman–Crippen MR) is 83.8 cm³/mol. The molecule has 0 saturated heterocycles. The molecule has 6 nitrogen and oxygen atoms in total. The van der Waals surface area contributed by atoms with Gasteiger partial charge in [-0.15, -0.1) is 0 Å². The molecule has 1 aromatic heterocycles. The van der Waals surface area contributed by atoms with Gasteiger partial charge in [-0.05, 0) is 25.0 Å². The molecule has 0 amide bonds. The average molecular weight is 316 g/mol. The van der Waals surface area contributed by atoms with Crippen molar-refractivity contribution in [3.63, 3.8) is 0 Å². The van der Waals surface area contributed by atoms with Crippen LogP contribution in [0.25, 0.3) is 10.9 Å². The molecule has 1 aromatic carbocycles. The van der Waals surface area contributed by atoms with Crippen molar-refractivity contribution in [2.24, 2.45) is 0 Å². The molecular weight excluding hydrogens is 298 g/mol. The molecule has 0 aliphatic carbocycles. The zero-order valence-electron chi connectivity index (χ0n) is 13.3. The van der Waals surface area contributed by atoms with Gasteiger partial charge in [0, 0.05) is 18.0 Å². The molecule has 2 aromatic rings. The molecular formula is C17H18NO5. The number of fused-ring (bicyclic) bond motifs is 1. The van der Waals surface area contributed by atoms with Crippen LogP contribution in [0.5, 0.6) is 0 Å². The van der Waals surface area contributed by atoms with Crippen molar-refractivity contribution in [2.45, 2.75) is 19.8 Å². The maximum Gasteiger partial charge on any atom is 0.325 e. The minimum atomic E-state index is -0.779. The highest BCUT2D eigenvalue weighted by atomic mass is 16.5. The number of carbonyl (C=O) groups is 3. The topological polar surface area (TPSA) is 74.6 Å². The van der Waals surface area contributed by atoms with E-state index in [1.807, 2.05) is 31.2 Å². The molecule has 0 atom stereocenters. The maximum atomic E-state index is 12.4. The molecule has 6 heteroatoms. The Hall–Kier alpha value is -2.63. The van der Waals surface area contributed by atoms with Gasteiger partial charge in [-0.1, -0.05) is 18.2 Å². The number of benzene rings is 1. The lowest BCUT2D eigenvalue weighted by molar-refractivity contribution is -0.148. The highest BCUT2D eigenvalue weighted by molar-refractivity contribution is 6.10. The number of aromatic nitrogens is 1. The van der Waals surface area contributed by atoms with Gasteiger partial charge < -0.3 is 9.47 Å². The summed E-state index contributed by atoms with van der Waals surface area (Å²) in [5, 5.41) is 0.992. The number of para-hydroxylation sites is 1. The number of carbonyl (C=O) groups excluding carboxylic acids is 3. The van der Waals surface area contributed by atoms with E-state index in [-0.39, 0.29) is 24.7 Å². The van der Waals surface area contributed by atoms with Crippen LogP contribution in [0.15, 0.2) is 30.5 Å². The summed E-state index contributed by atoms with van der Waals surface area (Å²) in [6.45, 7) is 1.92. The third kappa shape index (κ3) is 3.41. The SMILES string of the molecule is COC(=O)[C](CCC(=O)n1cc(C)c2ccccc21)C(=O)OC. The van der Waals surface area contributed by atoms with Gasteiger partial charge >= 0.3 is 11.9 Å². The van der Waals surface area contributed by atoms with Gasteiger partial charge in [-0.25, -0.2) is 0 Å². The molecule has 1 radical (unpaired) electrons. The van der Waals surface area contributed by atoms with E-state index in [1.54, 1.807) is 6.20 Å². The summed E-state index contributed by atoms with van der Waals surface area (Å²) in [5.41, 5.74) is 1.78. The van der Waals surface area contributed by atoms with Gasteiger partial charge in [-0.2, -0.15) is 0 Å². The molecule has 1 heterocycles. The van der Waals surface area contributed by atoms with Gasteiger partial charge in [0.05, 0.1) is 19.7 Å². The van der Waals surface area contributed by atoms with Crippen molar-refractivity contribution >= 4 is 28.7 Å². The monoisotopic (exact) mass is 316 g/mol. The third-order valence-electron chi connectivity index (χ3n) is 3.63. The molecule has 2 rings (SSSR count). The quantitative estimate of drug-likeness (QED) is 0.625. The number of hydrogen-bond donors (Lipinski definition) is 0. The van der Waals surface area contributed by atoms with E-state index in [0.29, 0.717) is 0 Å². The van der Waals surface area contributed by atoms with Crippen molar-refractivity contribution in [3.8, 4) is 0 Å². The van der Waals surface area contributed by atoms with Crippen LogP contribution in [-0.4, -0.2) is 36.6 Å². The number of aryl methyl sites for hydroxylation is 1. The van der Waals surface area contributed by atoms with E-state index in [2.05, 4.69) is 9.47 Å². The lowest BCUT2D eigenvalue weighted by Gasteiger charge is -2.11. The molecule has 121 valence electrons. The van der Waals surface area contributed by atoms with Crippen LogP contribution in [0, 0.1) is 12.8 Å². The normalized spacial score (nSPS) is 10.8. The Morgan fingerprint density at radius 2 is 1.61 bits per heavy atom. The second-order valence-corrected chi connectivity index (χ2v) is 5.05. The molecule has 0 fully saturated rings. The first-order valence-corrected chi connectivity index (χ1v) is 7.12. The van der Waals surface area contributed by atoms with E-state index in [1.165, 1.54) is 18.8 Å². The zero-order chi connectivity index (χ0) is 17.0. The molecule has 0 spiro atoms. The first-order chi connectivity index (χ1) is 11.0. The summed E-state index contributed by atoms with van der Waals surface area (Å²) >= 11 is 0. The summed E-state index contributed by atoms with van der Waals surface area (Å²) in [6.07, 6.45) is 1.71. The van der Waals surface area contributed by atoms with Gasteiger partial charge in [0.25, 0.3) is 0 Å². The lowest BCUT2D eigenvalue weighted by atomic mass is 10.0. The van der Waals surface area contributed by atoms with E-state index in [4.69, 9.17) is 0 Å². The smallest absolute Gasteiger partial charge is 0.325 e. The predicted octanol–water partition coefficient (Wildman–Crippen LogP) is 2.29. The summed E-state index contributed by atoms with van der Waals surface area (Å²) in [5.74, 6) is -1.94. The standard InChI is InChI=1S/C17H18NO5/c1-11-10-18(14-7-5-4-6-12(11)14)15(19)9-8-13(16(20)22-2)17(21)23-3/h4-7,10H,8-9H2,1-3H3. The Morgan fingerprint density at radius 3 is 2.22 bits per heavy atom. The lowest BCUT2D eigenvalue weighted by Crippen LogP contribution is -2.25. The Balaban J connectivity index is 2.17. The fraction of sp³-hybridized carbons (Fsp3) is 0.294. The van der Waals surface area contributed by atoms with Gasteiger partial charge in [0.15, 0.2) is 5.92 Å². The van der Waals surface area contributed by atoms with Crippen LogP contribution in [0.4, 0.5) is 0 Å². The van der Waals surface area contributed by atoms with Crippen LogP contribution < -0.4 is 0 Å². The highest BCUT2D eigenvalue weighted by Gasteiger charge is 2.30. The Morgan fingerprint density at radius 1 is 1.00 bits per heavy atom. The fourth-order valence-electron chi connectivity index (χ4n) is 2.44. The largest absolute Gasteiger partial charge is 0.468 e. The number of nitrogens with zero attached hydrogens (tertiary/aromatic N) is 1. The van der Waals surface area contributed by atoms with Crippen molar-refractivity contribution < 1.29 is 23.9 Å². The van der Waals surface area contributed by atoms with Crippen LogP contribution in [0.1, 0.15) is 23.2 Å². The number of hydrogen-bond acceptors (Lipinski definition) is 5. The van der Waals surface area contributed by atoms with Crippen molar-refractivity contribution in [2.75, 3.05) is 14.2 Å². The number of esters is 2. The Labute approximate surface area is 134 Å². The van der Waals surface area contributed by atoms with E-state index in [0.717, 1.165) is 16.5 Å². The minimum absolute atomic E-state index is 0.00233. The third-order valence-corrected chi connectivity index (χ3v) is 3.63. The molecule has 0 aliphatic rings. The van der Waals surface area contributed by atoms with Crippen LogP contribution in [-0.2, 0) is 19.1 Å². The second-order valence-electron chi connectivity index (χ2n) is 5.05. The highest BCUT2D eigenvalue weighted by Crippen LogP contribution is 2.22. The molecule has 0 saturated carbocycles. The molecule has 0 N–H and O–H groups in total. The first-order valence-electron chi connectivity index (χ1n) is 7.12. The average Bonchev–Trinajstić information content (AvgIpc) is 2.91. The molecule has 0 unspecified atom stereocenters. The van der Waals surface area contributed by atoms with E-state index >= 15 is 0 Å². The van der Waals surface area contributed by atoms with Crippen molar-refractivity contribution in [1.29, 1.82) is 0 Å². The summed E-state index contributed by atoms with van der Waals surface area (Å²) in [7, 11) is 2.35. The van der Waals surface area contributed by atoms with E-state index in [9.17, 15) is 14.4 Å². The molecule has 0 bridgehead atoms.